The molecule has 1 aliphatic heterocycles. The van der Waals surface area contributed by atoms with Crippen molar-refractivity contribution in [1.29, 1.82) is 5.26 Å². The molecular weight excluding hydrogens is 482 g/mol. The zero-order chi connectivity index (χ0) is 23.5. The van der Waals surface area contributed by atoms with Gasteiger partial charge in [-0.2, -0.15) is 37.4 Å². The van der Waals surface area contributed by atoms with E-state index in [-0.39, 0.29) is 45.0 Å². The minimum absolute atomic E-state index is 0. The number of amides is 1. The number of carbonyl (C=O) groups excluding carboxylic acids is 1. The summed E-state index contributed by atoms with van der Waals surface area (Å²) in [4.78, 5) is 18.9. The molecule has 11 heteroatoms. The Labute approximate surface area is 219 Å². The van der Waals surface area contributed by atoms with Crippen molar-refractivity contribution in [3.8, 4) is 22.9 Å². The topological polar surface area (TPSA) is 122 Å². The van der Waals surface area contributed by atoms with Gasteiger partial charge in [-0.25, -0.2) is 9.50 Å². The van der Waals surface area contributed by atoms with E-state index >= 15 is 0 Å². The number of hydrogen-bond acceptors (Lipinski definition) is 7. The Kier molecular flexibility index (Phi) is 9.82. The van der Waals surface area contributed by atoms with Crippen LogP contribution in [0.25, 0.3) is 16.6 Å². The predicted octanol–water partition coefficient (Wildman–Crippen LogP) is 2.57. The molecule has 4 rings (SSSR count). The quantitative estimate of drug-likeness (QED) is 0.496. The lowest BCUT2D eigenvalue weighted by molar-refractivity contribution is -0.122. The van der Waals surface area contributed by atoms with E-state index in [0.717, 1.165) is 16.9 Å². The van der Waals surface area contributed by atoms with Crippen molar-refractivity contribution in [2.24, 2.45) is 11.7 Å². The van der Waals surface area contributed by atoms with Crippen LogP contribution in [-0.2, 0) is 4.79 Å². The average molecular weight is 516 g/mol. The van der Waals surface area contributed by atoms with Gasteiger partial charge in [0.05, 0.1) is 36.1 Å². The van der Waals surface area contributed by atoms with Crippen LogP contribution in [0, 0.1) is 17.2 Å². The van der Waals surface area contributed by atoms with Crippen LogP contribution in [0.15, 0.2) is 36.8 Å². The first-order valence-electron chi connectivity index (χ1n) is 11.2. The zero-order valence-electron chi connectivity index (χ0n) is 20.2. The first-order chi connectivity index (χ1) is 15.9. The Balaban J connectivity index is 0.00000216. The van der Waals surface area contributed by atoms with Gasteiger partial charge in [-0.05, 0) is 31.0 Å². The fraction of sp³-hybridized carbons (Fsp3) is 0.417. The molecule has 2 atom stereocenters. The van der Waals surface area contributed by atoms with Crippen molar-refractivity contribution in [2.45, 2.75) is 39.3 Å². The number of carbonyl (C=O) groups is 1. The minimum atomic E-state index is -0.157. The first-order valence-corrected chi connectivity index (χ1v) is 11.2. The summed E-state index contributed by atoms with van der Waals surface area (Å²) in [6.07, 6.45) is 5.59. The molecule has 3 aromatic rings. The number of nitrogens with zero attached hydrogens (tertiary/aromatic N) is 5. The summed E-state index contributed by atoms with van der Waals surface area (Å²) in [5.74, 6) is 1.80. The molecule has 9 nitrogen and oxygen atoms in total. The first kappa shape index (κ1) is 28.3. The molecule has 0 spiro atoms. The largest absolute Gasteiger partial charge is 0.492 e. The lowest BCUT2D eigenvalue weighted by Gasteiger charge is -2.18. The van der Waals surface area contributed by atoms with Crippen LogP contribution in [0.5, 0.6) is 5.75 Å². The number of pyridine rings is 2. The van der Waals surface area contributed by atoms with Gasteiger partial charge in [0.2, 0.25) is 5.91 Å². The molecule has 0 aromatic carbocycles. The fourth-order valence-corrected chi connectivity index (χ4v) is 4.18. The normalized spacial score (nSPS) is 17.0. The summed E-state index contributed by atoms with van der Waals surface area (Å²) < 4.78 is 7.35. The van der Waals surface area contributed by atoms with E-state index < -0.39 is 0 Å². The Morgan fingerprint density at radius 1 is 1.31 bits per heavy atom. The second kappa shape index (κ2) is 12.2. The van der Waals surface area contributed by atoms with E-state index in [2.05, 4.69) is 26.4 Å². The summed E-state index contributed by atoms with van der Waals surface area (Å²) in [5.41, 5.74) is 9.18. The lowest BCUT2D eigenvalue weighted by atomic mass is 10.1. The van der Waals surface area contributed by atoms with E-state index in [1.54, 1.807) is 23.1 Å². The highest BCUT2D eigenvalue weighted by Crippen LogP contribution is 2.31. The van der Waals surface area contributed by atoms with Gasteiger partial charge in [0.15, 0.2) is 0 Å². The summed E-state index contributed by atoms with van der Waals surface area (Å²) >= 11 is 0. The van der Waals surface area contributed by atoms with Crippen molar-refractivity contribution in [3.63, 3.8) is 0 Å². The molecule has 1 saturated heterocycles. The Hall–Kier alpha value is -2.94. The van der Waals surface area contributed by atoms with Gasteiger partial charge in [-0.15, -0.1) is 0 Å². The van der Waals surface area contributed by atoms with Crippen LogP contribution < -0.4 is 20.7 Å². The third kappa shape index (κ3) is 6.20. The highest BCUT2D eigenvalue weighted by Gasteiger charge is 2.32. The van der Waals surface area contributed by atoms with E-state index in [1.165, 1.54) is 0 Å². The number of nitrogens with one attached hydrogen (secondary N) is 1. The summed E-state index contributed by atoms with van der Waals surface area (Å²) in [5, 5.41) is 16.9. The summed E-state index contributed by atoms with van der Waals surface area (Å²) in [6, 6.07) is 7.75. The molecule has 4 heterocycles. The van der Waals surface area contributed by atoms with Gasteiger partial charge in [0, 0.05) is 42.9 Å². The van der Waals surface area contributed by atoms with Gasteiger partial charge < -0.3 is 20.7 Å². The highest BCUT2D eigenvalue weighted by molar-refractivity contribution is 7.59. The van der Waals surface area contributed by atoms with Crippen molar-refractivity contribution in [2.75, 3.05) is 24.6 Å². The van der Waals surface area contributed by atoms with Gasteiger partial charge in [-0.1, -0.05) is 13.8 Å². The Morgan fingerprint density at radius 3 is 2.71 bits per heavy atom. The smallest absolute Gasteiger partial charge is 0.220 e. The molecule has 0 radical (unpaired) electrons. The zero-order valence-corrected chi connectivity index (χ0v) is 22.2. The van der Waals surface area contributed by atoms with E-state index in [9.17, 15) is 10.1 Å². The van der Waals surface area contributed by atoms with Crippen molar-refractivity contribution in [1.82, 2.24) is 19.9 Å². The van der Waals surface area contributed by atoms with E-state index in [1.807, 2.05) is 39.0 Å². The van der Waals surface area contributed by atoms with Crippen LogP contribution in [0.3, 0.4) is 0 Å². The second-order valence-electron chi connectivity index (χ2n) is 8.73. The number of aromatic nitrogens is 3. The molecule has 0 bridgehead atoms. The van der Waals surface area contributed by atoms with Gasteiger partial charge in [-0.3, -0.25) is 4.79 Å². The maximum atomic E-state index is 12.2. The summed E-state index contributed by atoms with van der Waals surface area (Å²) in [7, 11) is 0. The predicted molar refractivity (Wildman–Crippen MR) is 147 cm³/mol. The van der Waals surface area contributed by atoms with Crippen LogP contribution in [0.4, 0.5) is 5.82 Å². The maximum Gasteiger partial charge on any atom is 0.220 e. The maximum absolute atomic E-state index is 12.2. The lowest BCUT2D eigenvalue weighted by Crippen LogP contribution is -2.46. The van der Waals surface area contributed by atoms with Crippen LogP contribution in [-0.4, -0.2) is 52.3 Å². The number of ether oxygens (including phenoxy) is 1. The molecule has 3 N–H and O–H groups in total. The Bertz CT molecular complexity index is 1190. The standard InChI is InChI=1S/C24H29N7O2.2H2S/c1-4-33-18-8-19(24-17(9-25)11-28-31(24)12-18)16-5-6-22(27-10-16)30-13-20(26)21(14-30)29-23(32)7-15(2)3;;/h5-6,8,10-12,15,20-21H,4,7,13-14,26H2,1-3H3,(H,29,32);2*1H2/t20-,21-;;/m0../s1. The van der Waals surface area contributed by atoms with Crippen LogP contribution in [0.2, 0.25) is 0 Å². The monoisotopic (exact) mass is 515 g/mol. The number of fused-ring (bicyclic) bond motifs is 1. The molecule has 0 unspecified atom stereocenters. The van der Waals surface area contributed by atoms with Gasteiger partial charge in [0.1, 0.15) is 17.6 Å². The fourth-order valence-electron chi connectivity index (χ4n) is 4.18. The van der Waals surface area contributed by atoms with Gasteiger partial charge >= 0.3 is 0 Å². The highest BCUT2D eigenvalue weighted by atomic mass is 32.1. The minimum Gasteiger partial charge on any atom is -0.492 e. The molecule has 0 saturated carbocycles. The third-order valence-corrected chi connectivity index (χ3v) is 5.71. The number of rotatable bonds is 7. The SMILES string of the molecule is CCOc1cc(-c2ccc(N3C[C@H](NC(=O)CC(C)C)[C@@H](N)C3)nc2)c2c(C#N)cnn2c1.S.S. The number of nitrogens with two attached hydrogens (primary N) is 1. The van der Waals surface area contributed by atoms with Gasteiger partial charge in [0.25, 0.3) is 0 Å². The third-order valence-electron chi connectivity index (χ3n) is 5.71. The summed E-state index contributed by atoms with van der Waals surface area (Å²) in [6.45, 7) is 7.72. The number of hydrogen-bond donors (Lipinski definition) is 2. The van der Waals surface area contributed by atoms with E-state index in [4.69, 9.17) is 10.5 Å². The molecule has 3 aromatic heterocycles. The molecular formula is C24H33N7O2S2. The second-order valence-corrected chi connectivity index (χ2v) is 8.73. The van der Waals surface area contributed by atoms with Crippen molar-refractivity contribution >= 4 is 44.2 Å². The van der Waals surface area contributed by atoms with Crippen LogP contribution in [0.1, 0.15) is 32.8 Å². The molecule has 0 aliphatic carbocycles. The molecule has 1 fully saturated rings. The number of nitriles is 1. The molecule has 1 aliphatic rings. The molecule has 35 heavy (non-hydrogen) atoms. The Morgan fingerprint density at radius 2 is 2.09 bits per heavy atom. The van der Waals surface area contributed by atoms with E-state index in [0.29, 0.717) is 48.9 Å². The van der Waals surface area contributed by atoms with Crippen molar-refractivity contribution in [3.05, 3.63) is 42.4 Å². The number of anilines is 1. The molecule has 1 amide bonds. The van der Waals surface area contributed by atoms with Crippen LogP contribution >= 0.6 is 27.0 Å². The average Bonchev–Trinajstić information content (AvgIpc) is 3.36. The van der Waals surface area contributed by atoms with Crippen molar-refractivity contribution < 1.29 is 9.53 Å². The molecule has 188 valence electrons.